The van der Waals surface area contributed by atoms with E-state index < -0.39 is 6.10 Å². The van der Waals surface area contributed by atoms with E-state index in [4.69, 9.17) is 14.2 Å². The molecule has 0 fully saturated rings. The van der Waals surface area contributed by atoms with Gasteiger partial charge in [0.25, 0.3) is 0 Å². The first-order valence-electron chi connectivity index (χ1n) is 22.3. The molecule has 53 heavy (non-hydrogen) atoms. The summed E-state index contributed by atoms with van der Waals surface area (Å²) in [6.45, 7) is 5.25. The van der Waals surface area contributed by atoms with E-state index in [-0.39, 0.29) is 31.1 Å². The average Bonchev–Trinajstić information content (AvgIpc) is 3.14. The molecule has 0 aliphatic rings. The third-order valence-corrected chi connectivity index (χ3v) is 9.68. The first-order chi connectivity index (χ1) is 25.9. The van der Waals surface area contributed by atoms with Crippen molar-refractivity contribution in [3.05, 3.63) is 24.3 Å². The van der Waals surface area contributed by atoms with Crippen molar-refractivity contribution in [2.45, 2.75) is 219 Å². The summed E-state index contributed by atoms with van der Waals surface area (Å²) in [4.78, 5) is 39.5. The molecule has 0 aromatic carbocycles. The van der Waals surface area contributed by atoms with E-state index in [9.17, 15) is 14.4 Å². The molecule has 0 rings (SSSR count). The second kappa shape index (κ2) is 41.0. The Kier molecular flexibility index (Phi) is 39.4. The van der Waals surface area contributed by atoms with Crippen LogP contribution in [0.25, 0.3) is 0 Å². The molecule has 310 valence electrons. The van der Waals surface area contributed by atoms with Crippen molar-refractivity contribution < 1.29 is 28.6 Å². The van der Waals surface area contributed by atoms with Gasteiger partial charge in [0, 0.05) is 19.3 Å². The summed E-state index contributed by atoms with van der Waals surface area (Å²) in [5, 5.41) is 0. The van der Waals surface area contributed by atoms with Crippen molar-refractivity contribution in [3.63, 3.8) is 0 Å². The van der Waals surface area contributed by atoms with Gasteiger partial charge in [0.2, 0.25) is 0 Å². The number of ether oxygens (including phenoxy) is 3. The first kappa shape index (κ1) is 50.9. The number of rotatable bonds is 40. The quantitative estimate of drug-likeness (QED) is 0.0267. The van der Waals surface area contributed by atoms with Gasteiger partial charge in [-0.25, -0.2) is 0 Å². The van der Waals surface area contributed by atoms with Gasteiger partial charge in [-0.2, -0.15) is 0 Å². The van der Waals surface area contributed by atoms with Crippen molar-refractivity contribution in [2.75, 3.05) is 33.9 Å². The Labute approximate surface area is 327 Å². The largest absolute Gasteiger partial charge is 0.462 e. The zero-order chi connectivity index (χ0) is 38.9. The molecule has 0 N–H and O–H groups in total. The number of unbranched alkanes of at least 4 members (excludes halogenated alkanes) is 23. The summed E-state index contributed by atoms with van der Waals surface area (Å²) in [6, 6.07) is 0. The number of hydrogen-bond acceptors (Lipinski definition) is 7. The summed E-state index contributed by atoms with van der Waals surface area (Å²) < 4.78 is 16.6. The maximum atomic E-state index is 12.7. The fourth-order valence-corrected chi connectivity index (χ4v) is 6.25. The molecular formula is C46H85NO6. The van der Waals surface area contributed by atoms with E-state index in [1.807, 2.05) is 14.1 Å². The van der Waals surface area contributed by atoms with Gasteiger partial charge in [0.05, 0.1) is 0 Å². The molecule has 0 saturated heterocycles. The highest BCUT2D eigenvalue weighted by atomic mass is 16.6. The van der Waals surface area contributed by atoms with Crippen molar-refractivity contribution in [2.24, 2.45) is 0 Å². The minimum atomic E-state index is -0.783. The zero-order valence-electron chi connectivity index (χ0n) is 35.3. The lowest BCUT2D eigenvalue weighted by molar-refractivity contribution is -0.167. The van der Waals surface area contributed by atoms with Crippen LogP contribution in [0.5, 0.6) is 0 Å². The molecule has 0 heterocycles. The van der Waals surface area contributed by atoms with Gasteiger partial charge < -0.3 is 19.1 Å². The number of nitrogens with zero attached hydrogens (tertiary/aromatic N) is 1. The minimum Gasteiger partial charge on any atom is -0.462 e. The van der Waals surface area contributed by atoms with E-state index in [2.05, 4.69) is 43.1 Å². The molecule has 0 aliphatic carbocycles. The Bertz CT molecular complexity index is 885. The number of allylic oxidation sites excluding steroid dienone is 4. The highest BCUT2D eigenvalue weighted by molar-refractivity contribution is 5.71. The number of carbonyl (C=O) groups excluding carboxylic acids is 3. The van der Waals surface area contributed by atoms with Crippen LogP contribution >= 0.6 is 0 Å². The van der Waals surface area contributed by atoms with Crippen LogP contribution in [0.4, 0.5) is 0 Å². The third-order valence-electron chi connectivity index (χ3n) is 9.68. The normalized spacial score (nSPS) is 12.2. The molecular weight excluding hydrogens is 663 g/mol. The topological polar surface area (TPSA) is 82.1 Å². The van der Waals surface area contributed by atoms with Gasteiger partial charge in [0.15, 0.2) is 6.10 Å². The van der Waals surface area contributed by atoms with Crippen LogP contribution < -0.4 is 0 Å². The Morgan fingerprint density at radius 2 is 0.755 bits per heavy atom. The van der Waals surface area contributed by atoms with Gasteiger partial charge in [-0.3, -0.25) is 14.4 Å². The summed E-state index contributed by atoms with van der Waals surface area (Å²) in [7, 11) is 4.01. The summed E-state index contributed by atoms with van der Waals surface area (Å²) in [6.07, 6.45) is 42.4. The average molecular weight is 748 g/mol. The van der Waals surface area contributed by atoms with Crippen molar-refractivity contribution in [1.82, 2.24) is 4.90 Å². The van der Waals surface area contributed by atoms with Crippen LogP contribution in [0.3, 0.4) is 0 Å². The highest BCUT2D eigenvalue weighted by Gasteiger charge is 2.19. The van der Waals surface area contributed by atoms with Gasteiger partial charge in [0.1, 0.15) is 13.2 Å². The van der Waals surface area contributed by atoms with Crippen molar-refractivity contribution >= 4 is 17.9 Å². The predicted molar refractivity (Wildman–Crippen MR) is 223 cm³/mol. The molecule has 0 spiro atoms. The maximum absolute atomic E-state index is 12.7. The van der Waals surface area contributed by atoms with Crippen molar-refractivity contribution in [3.8, 4) is 0 Å². The van der Waals surface area contributed by atoms with Crippen LogP contribution in [0.2, 0.25) is 0 Å². The molecule has 0 aromatic rings. The fraction of sp³-hybridized carbons (Fsp3) is 0.848. The predicted octanol–water partition coefficient (Wildman–Crippen LogP) is 12.8. The number of hydrogen-bond donors (Lipinski definition) is 0. The van der Waals surface area contributed by atoms with Crippen LogP contribution in [0.15, 0.2) is 24.3 Å². The van der Waals surface area contributed by atoms with E-state index in [1.54, 1.807) is 0 Å². The summed E-state index contributed by atoms with van der Waals surface area (Å²) >= 11 is 0. The molecule has 0 amide bonds. The second-order valence-electron chi connectivity index (χ2n) is 15.4. The molecule has 7 heteroatoms. The molecule has 0 bridgehead atoms. The highest BCUT2D eigenvalue weighted by Crippen LogP contribution is 2.13. The Balaban J connectivity index is 4.25. The lowest BCUT2D eigenvalue weighted by Gasteiger charge is -2.18. The first-order valence-corrected chi connectivity index (χ1v) is 22.3. The Morgan fingerprint density at radius 1 is 0.434 bits per heavy atom. The van der Waals surface area contributed by atoms with E-state index in [0.29, 0.717) is 19.3 Å². The lowest BCUT2D eigenvalue weighted by Crippen LogP contribution is -2.31. The van der Waals surface area contributed by atoms with Crippen LogP contribution in [0.1, 0.15) is 213 Å². The molecule has 7 nitrogen and oxygen atoms in total. The standard InChI is InChI=1S/C46H85NO6/c1-5-7-9-11-13-15-17-19-21-23-25-27-29-31-33-37-44(48)51-41-43(42-52-45(49)38-35-36-40-47(3)4)53-46(50)39-34-32-30-28-26-24-22-20-18-16-14-12-10-8-6-2/h19-22,43H,5-18,23-42H2,1-4H3/b21-19-,22-20-. The van der Waals surface area contributed by atoms with Gasteiger partial charge in [-0.05, 0) is 97.7 Å². The van der Waals surface area contributed by atoms with Gasteiger partial charge in [-0.15, -0.1) is 0 Å². The molecule has 1 unspecified atom stereocenters. The minimum absolute atomic E-state index is 0.0874. The van der Waals surface area contributed by atoms with Crippen LogP contribution in [0, 0.1) is 0 Å². The van der Waals surface area contributed by atoms with Crippen LogP contribution in [-0.4, -0.2) is 62.8 Å². The lowest BCUT2D eigenvalue weighted by atomic mass is 10.1. The molecule has 0 aromatic heterocycles. The van der Waals surface area contributed by atoms with Crippen LogP contribution in [-0.2, 0) is 28.6 Å². The molecule has 0 radical (unpaired) electrons. The molecule has 0 aliphatic heterocycles. The van der Waals surface area contributed by atoms with E-state index in [1.165, 1.54) is 109 Å². The number of carbonyl (C=O) groups is 3. The van der Waals surface area contributed by atoms with E-state index >= 15 is 0 Å². The number of esters is 3. The fourth-order valence-electron chi connectivity index (χ4n) is 6.25. The Morgan fingerprint density at radius 3 is 1.13 bits per heavy atom. The molecule has 1 atom stereocenters. The summed E-state index contributed by atoms with van der Waals surface area (Å²) in [5.74, 6) is -0.944. The van der Waals surface area contributed by atoms with E-state index in [0.717, 1.165) is 77.2 Å². The summed E-state index contributed by atoms with van der Waals surface area (Å²) in [5.41, 5.74) is 0. The maximum Gasteiger partial charge on any atom is 0.306 e. The van der Waals surface area contributed by atoms with Gasteiger partial charge in [-0.1, -0.05) is 141 Å². The smallest absolute Gasteiger partial charge is 0.306 e. The third kappa shape index (κ3) is 40.9. The Hall–Kier alpha value is -2.15. The second-order valence-corrected chi connectivity index (χ2v) is 15.4. The zero-order valence-corrected chi connectivity index (χ0v) is 35.3. The monoisotopic (exact) mass is 748 g/mol. The SMILES string of the molecule is CCCCCCCC/C=C\CCCCCCCC(=O)OCC(COC(=O)CCCCN(C)C)OC(=O)CCCCCCC/C=C\CCCCCCCC. The van der Waals surface area contributed by atoms with Crippen molar-refractivity contribution in [1.29, 1.82) is 0 Å². The van der Waals surface area contributed by atoms with Gasteiger partial charge >= 0.3 is 17.9 Å². The molecule has 0 saturated carbocycles.